The van der Waals surface area contributed by atoms with Gasteiger partial charge in [-0.3, -0.25) is 15.0 Å². The van der Waals surface area contributed by atoms with Gasteiger partial charge in [0, 0.05) is 17.7 Å². The molecule has 0 spiro atoms. The molecule has 27 heavy (non-hydrogen) atoms. The molecule has 0 bridgehead atoms. The minimum Gasteiger partial charge on any atom is -0.469 e. The number of carbonyl (C=O) groups is 2. The second kappa shape index (κ2) is 9.52. The highest BCUT2D eigenvalue weighted by Gasteiger charge is 2.11. The summed E-state index contributed by atoms with van der Waals surface area (Å²) in [5.41, 5.74) is 8.72. The molecule has 6 nitrogen and oxygen atoms in total. The summed E-state index contributed by atoms with van der Waals surface area (Å²) in [6, 6.07) is 14.7. The van der Waals surface area contributed by atoms with E-state index < -0.39 is 0 Å². The largest absolute Gasteiger partial charge is 0.469 e. The Balaban J connectivity index is 1.83. The van der Waals surface area contributed by atoms with Crippen molar-refractivity contribution in [2.75, 3.05) is 13.7 Å². The van der Waals surface area contributed by atoms with Gasteiger partial charge in [0.2, 0.25) is 0 Å². The standard InChI is InChI=1S/C21H25N3O3/c1-14(13-19(25)27-2)16-5-3-15(4-6-16)11-12-24-21(26)18-9-7-17(8-10-18)20(22)23/h3-10,14H,11-13H2,1-2H3,(H3,22,23)(H,24,26). The van der Waals surface area contributed by atoms with Crippen molar-refractivity contribution in [2.45, 2.75) is 25.7 Å². The number of carbonyl (C=O) groups excluding carboxylic acids is 2. The Kier molecular flexibility index (Phi) is 7.11. The molecule has 2 aromatic carbocycles. The van der Waals surface area contributed by atoms with Gasteiger partial charge in [-0.2, -0.15) is 0 Å². The van der Waals surface area contributed by atoms with E-state index in [1.807, 2.05) is 31.2 Å². The summed E-state index contributed by atoms with van der Waals surface area (Å²) in [7, 11) is 1.39. The summed E-state index contributed by atoms with van der Waals surface area (Å²) < 4.78 is 4.70. The van der Waals surface area contributed by atoms with Crippen molar-refractivity contribution < 1.29 is 14.3 Å². The number of amides is 1. The Hall–Kier alpha value is -3.15. The third-order valence-corrected chi connectivity index (χ3v) is 4.41. The van der Waals surface area contributed by atoms with Crippen LogP contribution >= 0.6 is 0 Å². The normalized spacial score (nSPS) is 11.5. The summed E-state index contributed by atoms with van der Waals surface area (Å²) in [4.78, 5) is 23.5. The summed E-state index contributed by atoms with van der Waals surface area (Å²) in [5, 5.41) is 10.2. The fourth-order valence-corrected chi connectivity index (χ4v) is 2.69. The van der Waals surface area contributed by atoms with Gasteiger partial charge in [-0.1, -0.05) is 43.3 Å². The fourth-order valence-electron chi connectivity index (χ4n) is 2.69. The number of esters is 1. The van der Waals surface area contributed by atoms with Crippen LogP contribution in [0.4, 0.5) is 0 Å². The Bertz CT molecular complexity index is 798. The van der Waals surface area contributed by atoms with Crippen LogP contribution < -0.4 is 11.1 Å². The quantitative estimate of drug-likeness (QED) is 0.379. The first kappa shape index (κ1) is 20.2. The van der Waals surface area contributed by atoms with Gasteiger partial charge >= 0.3 is 5.97 Å². The van der Waals surface area contributed by atoms with Crippen LogP contribution in [0, 0.1) is 5.41 Å². The van der Waals surface area contributed by atoms with Gasteiger partial charge in [-0.05, 0) is 35.6 Å². The van der Waals surface area contributed by atoms with Gasteiger partial charge in [-0.15, -0.1) is 0 Å². The lowest BCUT2D eigenvalue weighted by molar-refractivity contribution is -0.140. The van der Waals surface area contributed by atoms with Crippen molar-refractivity contribution in [3.63, 3.8) is 0 Å². The number of nitrogens with one attached hydrogen (secondary N) is 2. The summed E-state index contributed by atoms with van der Waals surface area (Å²) in [6.45, 7) is 2.51. The first-order chi connectivity index (χ1) is 12.9. The minimum atomic E-state index is -0.217. The van der Waals surface area contributed by atoms with Crippen LogP contribution in [0.25, 0.3) is 0 Å². The maximum Gasteiger partial charge on any atom is 0.306 e. The maximum atomic E-state index is 12.2. The molecule has 0 fully saturated rings. The summed E-state index contributed by atoms with van der Waals surface area (Å²) in [5.74, 6) is -0.297. The molecule has 0 aliphatic heterocycles. The van der Waals surface area contributed by atoms with E-state index in [0.29, 0.717) is 30.5 Å². The second-order valence-corrected chi connectivity index (χ2v) is 6.42. The molecule has 4 N–H and O–H groups in total. The fraction of sp³-hybridized carbons (Fsp3) is 0.286. The van der Waals surface area contributed by atoms with Crippen molar-refractivity contribution in [2.24, 2.45) is 5.73 Å². The van der Waals surface area contributed by atoms with Crippen LogP contribution in [0.1, 0.15) is 46.3 Å². The molecule has 0 aliphatic rings. The molecule has 0 aromatic heterocycles. The Labute approximate surface area is 159 Å². The lowest BCUT2D eigenvalue weighted by Crippen LogP contribution is -2.25. The van der Waals surface area contributed by atoms with Crippen molar-refractivity contribution in [1.82, 2.24) is 5.32 Å². The molecular weight excluding hydrogens is 342 g/mol. The molecule has 0 saturated heterocycles. The zero-order valence-electron chi connectivity index (χ0n) is 15.6. The number of methoxy groups -OCH3 is 1. The molecule has 0 heterocycles. The van der Waals surface area contributed by atoms with Crippen LogP contribution in [0.5, 0.6) is 0 Å². The number of nitrogens with two attached hydrogens (primary N) is 1. The number of amidine groups is 1. The van der Waals surface area contributed by atoms with E-state index in [2.05, 4.69) is 5.32 Å². The smallest absolute Gasteiger partial charge is 0.306 e. The highest BCUT2D eigenvalue weighted by molar-refractivity contribution is 5.98. The first-order valence-electron chi connectivity index (χ1n) is 8.79. The Morgan fingerprint density at radius 2 is 1.67 bits per heavy atom. The molecule has 1 unspecified atom stereocenters. The lowest BCUT2D eigenvalue weighted by Gasteiger charge is -2.11. The van der Waals surface area contributed by atoms with Crippen molar-refractivity contribution in [3.8, 4) is 0 Å². The molecular formula is C21H25N3O3. The first-order valence-corrected chi connectivity index (χ1v) is 8.79. The molecule has 1 atom stereocenters. The van der Waals surface area contributed by atoms with E-state index >= 15 is 0 Å². The number of ether oxygens (including phenoxy) is 1. The van der Waals surface area contributed by atoms with Crippen LogP contribution in [-0.2, 0) is 16.0 Å². The van der Waals surface area contributed by atoms with Gasteiger partial charge < -0.3 is 15.8 Å². The van der Waals surface area contributed by atoms with Crippen molar-refractivity contribution in [3.05, 3.63) is 70.8 Å². The number of hydrogen-bond acceptors (Lipinski definition) is 4. The highest BCUT2D eigenvalue weighted by Crippen LogP contribution is 2.20. The Morgan fingerprint density at radius 1 is 1.07 bits per heavy atom. The van der Waals surface area contributed by atoms with Crippen LogP contribution in [-0.4, -0.2) is 31.4 Å². The number of nitrogen functional groups attached to an aromatic ring is 1. The monoisotopic (exact) mass is 367 g/mol. The van der Waals surface area contributed by atoms with Crippen molar-refractivity contribution in [1.29, 1.82) is 5.41 Å². The predicted molar refractivity (Wildman–Crippen MR) is 105 cm³/mol. The van der Waals surface area contributed by atoms with Gasteiger partial charge in [-0.25, -0.2) is 0 Å². The van der Waals surface area contributed by atoms with E-state index in [4.69, 9.17) is 15.9 Å². The summed E-state index contributed by atoms with van der Waals surface area (Å²) >= 11 is 0. The molecule has 1 amide bonds. The van der Waals surface area contributed by atoms with Crippen LogP contribution in [0.3, 0.4) is 0 Å². The van der Waals surface area contributed by atoms with E-state index in [1.165, 1.54) is 7.11 Å². The number of rotatable bonds is 8. The number of hydrogen-bond donors (Lipinski definition) is 3. The average molecular weight is 367 g/mol. The Morgan fingerprint density at radius 3 is 2.22 bits per heavy atom. The highest BCUT2D eigenvalue weighted by atomic mass is 16.5. The average Bonchev–Trinajstić information content (AvgIpc) is 2.68. The zero-order chi connectivity index (χ0) is 19.8. The van der Waals surface area contributed by atoms with Gasteiger partial charge in [0.05, 0.1) is 13.5 Å². The minimum absolute atomic E-state index is 0.0219. The van der Waals surface area contributed by atoms with Crippen molar-refractivity contribution >= 4 is 17.7 Å². The summed E-state index contributed by atoms with van der Waals surface area (Å²) in [6.07, 6.45) is 1.07. The lowest BCUT2D eigenvalue weighted by atomic mass is 9.96. The third kappa shape index (κ3) is 5.95. The topological polar surface area (TPSA) is 105 Å². The number of benzene rings is 2. The van der Waals surface area contributed by atoms with Gasteiger partial charge in [0.1, 0.15) is 5.84 Å². The molecule has 6 heteroatoms. The van der Waals surface area contributed by atoms with Crippen LogP contribution in [0.15, 0.2) is 48.5 Å². The van der Waals surface area contributed by atoms with E-state index in [1.54, 1.807) is 24.3 Å². The molecule has 0 radical (unpaired) electrons. The molecule has 2 aromatic rings. The second-order valence-electron chi connectivity index (χ2n) is 6.42. The molecule has 0 saturated carbocycles. The van der Waals surface area contributed by atoms with E-state index in [9.17, 15) is 9.59 Å². The maximum absolute atomic E-state index is 12.2. The predicted octanol–water partition coefficient (Wildman–Crippen LogP) is 2.61. The van der Waals surface area contributed by atoms with E-state index in [-0.39, 0.29) is 23.6 Å². The van der Waals surface area contributed by atoms with E-state index in [0.717, 1.165) is 11.1 Å². The molecule has 0 aliphatic carbocycles. The van der Waals surface area contributed by atoms with Crippen LogP contribution in [0.2, 0.25) is 0 Å². The zero-order valence-corrected chi connectivity index (χ0v) is 15.6. The molecule has 142 valence electrons. The SMILES string of the molecule is COC(=O)CC(C)c1ccc(CCNC(=O)c2ccc(C(=N)N)cc2)cc1. The molecule has 2 rings (SSSR count). The third-order valence-electron chi connectivity index (χ3n) is 4.41. The van der Waals surface area contributed by atoms with Gasteiger partial charge in [0.15, 0.2) is 0 Å². The van der Waals surface area contributed by atoms with Gasteiger partial charge in [0.25, 0.3) is 5.91 Å².